The van der Waals surface area contributed by atoms with Gasteiger partial charge in [0.1, 0.15) is 5.75 Å². The van der Waals surface area contributed by atoms with Crippen molar-refractivity contribution < 1.29 is 27.5 Å². The van der Waals surface area contributed by atoms with E-state index in [1.807, 2.05) is 0 Å². The molecule has 5 nitrogen and oxygen atoms in total. The van der Waals surface area contributed by atoms with Gasteiger partial charge >= 0.3 is 6.36 Å². The minimum absolute atomic E-state index is 0.240. The molecule has 26 heavy (non-hydrogen) atoms. The Morgan fingerprint density at radius 1 is 1.04 bits per heavy atom. The van der Waals surface area contributed by atoms with Gasteiger partial charge in [-0.1, -0.05) is 19.1 Å². The fourth-order valence-electron chi connectivity index (χ4n) is 2.19. The van der Waals surface area contributed by atoms with Crippen LogP contribution in [-0.4, -0.2) is 18.2 Å². The van der Waals surface area contributed by atoms with Crippen LogP contribution in [0, 0.1) is 6.92 Å². The number of ether oxygens (including phenoxy) is 1. The highest BCUT2D eigenvalue weighted by Crippen LogP contribution is 2.27. The Morgan fingerprint density at radius 2 is 1.73 bits per heavy atom. The molecule has 2 aromatic rings. The van der Waals surface area contributed by atoms with E-state index in [0.717, 1.165) is 6.07 Å². The van der Waals surface area contributed by atoms with Gasteiger partial charge in [-0.3, -0.25) is 9.59 Å². The first-order valence-corrected chi connectivity index (χ1v) is 7.76. The number of anilines is 2. The monoisotopic (exact) mass is 366 g/mol. The number of aryl methyl sites for hydroxylation is 1. The SMILES string of the molecule is CCC(=O)Nc1ccccc1C(=O)Nc1ccc(OC(F)(F)F)cc1C. The molecule has 8 heteroatoms. The van der Waals surface area contributed by atoms with E-state index in [-0.39, 0.29) is 23.6 Å². The molecule has 138 valence electrons. The number of para-hydroxylation sites is 1. The lowest BCUT2D eigenvalue weighted by Gasteiger charge is -2.14. The Hall–Kier alpha value is -3.03. The average molecular weight is 366 g/mol. The molecule has 0 spiro atoms. The van der Waals surface area contributed by atoms with Gasteiger partial charge in [0.15, 0.2) is 0 Å². The fraction of sp³-hybridized carbons (Fsp3) is 0.222. The molecule has 0 aromatic heterocycles. The summed E-state index contributed by atoms with van der Waals surface area (Å²) >= 11 is 0. The number of benzene rings is 2. The van der Waals surface area contributed by atoms with E-state index in [9.17, 15) is 22.8 Å². The van der Waals surface area contributed by atoms with Crippen LogP contribution in [0.1, 0.15) is 29.3 Å². The maximum Gasteiger partial charge on any atom is 0.573 e. The van der Waals surface area contributed by atoms with Crippen LogP contribution in [0.25, 0.3) is 0 Å². The Labute approximate surface area is 148 Å². The molecule has 0 aliphatic carbocycles. The predicted octanol–water partition coefficient (Wildman–Crippen LogP) is 4.49. The summed E-state index contributed by atoms with van der Waals surface area (Å²) in [6.45, 7) is 3.23. The van der Waals surface area contributed by atoms with E-state index in [1.54, 1.807) is 32.0 Å². The molecule has 0 saturated carbocycles. The van der Waals surface area contributed by atoms with Crippen LogP contribution < -0.4 is 15.4 Å². The minimum Gasteiger partial charge on any atom is -0.406 e. The lowest BCUT2D eigenvalue weighted by molar-refractivity contribution is -0.274. The molecule has 0 saturated heterocycles. The van der Waals surface area contributed by atoms with Gasteiger partial charge in [0, 0.05) is 12.1 Å². The lowest BCUT2D eigenvalue weighted by Crippen LogP contribution is -2.18. The van der Waals surface area contributed by atoms with Gasteiger partial charge < -0.3 is 15.4 Å². The average Bonchev–Trinajstić information content (AvgIpc) is 2.56. The first-order chi connectivity index (χ1) is 12.2. The smallest absolute Gasteiger partial charge is 0.406 e. The Morgan fingerprint density at radius 3 is 2.35 bits per heavy atom. The van der Waals surface area contributed by atoms with Crippen molar-refractivity contribution in [2.75, 3.05) is 10.6 Å². The van der Waals surface area contributed by atoms with Crippen LogP contribution in [0.15, 0.2) is 42.5 Å². The van der Waals surface area contributed by atoms with Crippen LogP contribution in [0.3, 0.4) is 0 Å². The largest absolute Gasteiger partial charge is 0.573 e. The van der Waals surface area contributed by atoms with Gasteiger partial charge in [-0.25, -0.2) is 0 Å². The van der Waals surface area contributed by atoms with Gasteiger partial charge in [0.05, 0.1) is 11.3 Å². The molecular weight excluding hydrogens is 349 g/mol. The molecule has 2 aromatic carbocycles. The summed E-state index contributed by atoms with van der Waals surface area (Å²) in [7, 11) is 0. The highest BCUT2D eigenvalue weighted by atomic mass is 19.4. The third-order valence-corrected chi connectivity index (χ3v) is 3.45. The van der Waals surface area contributed by atoms with Crippen molar-refractivity contribution in [2.24, 2.45) is 0 Å². The summed E-state index contributed by atoms with van der Waals surface area (Å²) in [5.41, 5.74) is 1.33. The van der Waals surface area contributed by atoms with Gasteiger partial charge in [0.2, 0.25) is 5.91 Å². The second kappa shape index (κ2) is 7.90. The van der Waals surface area contributed by atoms with Crippen molar-refractivity contribution in [3.63, 3.8) is 0 Å². The Balaban J connectivity index is 2.19. The molecule has 0 bridgehead atoms. The van der Waals surface area contributed by atoms with Crippen molar-refractivity contribution in [1.82, 2.24) is 0 Å². The summed E-state index contributed by atoms with van der Waals surface area (Å²) in [4.78, 5) is 24.1. The number of carbonyl (C=O) groups is 2. The first-order valence-electron chi connectivity index (χ1n) is 7.76. The van der Waals surface area contributed by atoms with Crippen LogP contribution in [-0.2, 0) is 4.79 Å². The number of hydrogen-bond donors (Lipinski definition) is 2. The summed E-state index contributed by atoms with van der Waals surface area (Å²) < 4.78 is 40.6. The summed E-state index contributed by atoms with van der Waals surface area (Å²) in [5.74, 6) is -1.11. The predicted molar refractivity (Wildman–Crippen MR) is 91.2 cm³/mol. The second-order valence-electron chi connectivity index (χ2n) is 5.43. The molecule has 0 aliphatic heterocycles. The van der Waals surface area contributed by atoms with Crippen molar-refractivity contribution in [3.8, 4) is 5.75 Å². The summed E-state index contributed by atoms with van der Waals surface area (Å²) in [6, 6.07) is 10.1. The summed E-state index contributed by atoms with van der Waals surface area (Å²) in [5, 5.41) is 5.25. The zero-order valence-corrected chi connectivity index (χ0v) is 14.1. The topological polar surface area (TPSA) is 67.4 Å². The summed E-state index contributed by atoms with van der Waals surface area (Å²) in [6.07, 6.45) is -4.52. The lowest BCUT2D eigenvalue weighted by atomic mass is 10.1. The first kappa shape index (κ1) is 19.3. The third-order valence-electron chi connectivity index (χ3n) is 3.45. The van der Waals surface area contributed by atoms with Crippen molar-refractivity contribution >= 4 is 23.2 Å². The van der Waals surface area contributed by atoms with Gasteiger partial charge in [0.25, 0.3) is 5.91 Å². The van der Waals surface area contributed by atoms with E-state index in [4.69, 9.17) is 0 Å². The molecule has 2 rings (SSSR count). The van der Waals surface area contributed by atoms with E-state index in [1.165, 1.54) is 18.2 Å². The molecule has 0 radical (unpaired) electrons. The molecule has 0 heterocycles. The number of nitrogens with one attached hydrogen (secondary N) is 2. The molecule has 0 aliphatic rings. The molecule has 0 fully saturated rings. The number of alkyl halides is 3. The van der Waals surface area contributed by atoms with Crippen LogP contribution in [0.5, 0.6) is 5.75 Å². The van der Waals surface area contributed by atoms with Crippen LogP contribution in [0.4, 0.5) is 24.5 Å². The highest BCUT2D eigenvalue weighted by Gasteiger charge is 2.31. The van der Waals surface area contributed by atoms with Gasteiger partial charge in [-0.05, 0) is 42.8 Å². The maximum atomic E-state index is 12.5. The van der Waals surface area contributed by atoms with E-state index < -0.39 is 12.3 Å². The van der Waals surface area contributed by atoms with Crippen molar-refractivity contribution in [1.29, 1.82) is 0 Å². The van der Waals surface area contributed by atoms with E-state index in [2.05, 4.69) is 15.4 Å². The zero-order chi connectivity index (χ0) is 19.3. The molecule has 2 amide bonds. The van der Waals surface area contributed by atoms with Gasteiger partial charge in [-0.2, -0.15) is 0 Å². The number of hydrogen-bond acceptors (Lipinski definition) is 3. The van der Waals surface area contributed by atoms with Crippen LogP contribution in [0.2, 0.25) is 0 Å². The zero-order valence-electron chi connectivity index (χ0n) is 14.1. The molecule has 0 unspecified atom stereocenters. The van der Waals surface area contributed by atoms with E-state index >= 15 is 0 Å². The number of amides is 2. The molecule has 2 N–H and O–H groups in total. The highest BCUT2D eigenvalue weighted by molar-refractivity contribution is 6.10. The number of halogens is 3. The molecular formula is C18H17F3N2O3. The Kier molecular flexibility index (Phi) is 5.86. The maximum absolute atomic E-state index is 12.5. The Bertz CT molecular complexity index is 820. The van der Waals surface area contributed by atoms with Gasteiger partial charge in [-0.15, -0.1) is 13.2 Å². The number of rotatable bonds is 5. The third kappa shape index (κ3) is 5.23. The normalized spacial score (nSPS) is 11.0. The minimum atomic E-state index is -4.78. The standard InChI is InChI=1S/C18H17F3N2O3/c1-3-16(24)22-15-7-5-4-6-13(15)17(25)23-14-9-8-12(10-11(14)2)26-18(19,20)21/h4-10H,3H2,1-2H3,(H,22,24)(H,23,25). The molecule has 0 atom stereocenters. The van der Waals surface area contributed by atoms with Crippen LogP contribution >= 0.6 is 0 Å². The van der Waals surface area contributed by atoms with Crippen molar-refractivity contribution in [2.45, 2.75) is 26.6 Å². The number of carbonyl (C=O) groups excluding carboxylic acids is 2. The van der Waals surface area contributed by atoms with E-state index in [0.29, 0.717) is 16.9 Å². The quantitative estimate of drug-likeness (QED) is 0.819. The van der Waals surface area contributed by atoms with Crippen molar-refractivity contribution in [3.05, 3.63) is 53.6 Å². The fourth-order valence-corrected chi connectivity index (χ4v) is 2.19. The second-order valence-corrected chi connectivity index (χ2v) is 5.43.